The minimum Gasteiger partial charge on any atom is -0.378 e. The number of ether oxygens (including phenoxy) is 1. The van der Waals surface area contributed by atoms with Gasteiger partial charge in [0.2, 0.25) is 5.91 Å². The second kappa shape index (κ2) is 8.34. The molecule has 8 heteroatoms. The Hall–Kier alpha value is -2.87. The van der Waals surface area contributed by atoms with Crippen LogP contribution in [-0.4, -0.2) is 77.3 Å². The molecular formula is C23H29N5O3. The highest BCUT2D eigenvalue weighted by atomic mass is 16.5. The van der Waals surface area contributed by atoms with Crippen molar-refractivity contribution in [1.29, 1.82) is 0 Å². The van der Waals surface area contributed by atoms with Crippen molar-refractivity contribution in [3.8, 4) is 0 Å². The van der Waals surface area contributed by atoms with Gasteiger partial charge >= 0.3 is 0 Å². The van der Waals surface area contributed by atoms with Gasteiger partial charge in [0.25, 0.3) is 5.91 Å². The average Bonchev–Trinajstić information content (AvgIpc) is 3.47. The van der Waals surface area contributed by atoms with E-state index in [0.29, 0.717) is 45.0 Å². The van der Waals surface area contributed by atoms with E-state index < -0.39 is 5.92 Å². The van der Waals surface area contributed by atoms with Crippen molar-refractivity contribution >= 4 is 17.5 Å². The summed E-state index contributed by atoms with van der Waals surface area (Å²) in [5, 5.41) is 4.57. The van der Waals surface area contributed by atoms with E-state index in [1.807, 2.05) is 42.4 Å². The molecule has 2 fully saturated rings. The fourth-order valence-corrected chi connectivity index (χ4v) is 4.87. The predicted molar refractivity (Wildman–Crippen MR) is 116 cm³/mol. The number of carbonyl (C=O) groups is 2. The lowest BCUT2D eigenvalue weighted by Gasteiger charge is -2.35. The fourth-order valence-electron chi connectivity index (χ4n) is 4.87. The molecule has 31 heavy (non-hydrogen) atoms. The third-order valence-electron chi connectivity index (χ3n) is 6.52. The number of hydrogen-bond donors (Lipinski definition) is 0. The van der Waals surface area contributed by atoms with Gasteiger partial charge in [-0.25, -0.2) is 0 Å². The summed E-state index contributed by atoms with van der Waals surface area (Å²) in [6.07, 6.45) is 4.37. The number of fused-ring (bicyclic) bond motifs is 1. The first-order valence-corrected chi connectivity index (χ1v) is 11.1. The summed E-state index contributed by atoms with van der Waals surface area (Å²) in [6, 6.07) is 7.89. The highest BCUT2D eigenvalue weighted by Gasteiger charge is 2.37. The van der Waals surface area contributed by atoms with E-state index in [-0.39, 0.29) is 11.8 Å². The average molecular weight is 424 g/mol. The number of benzene rings is 1. The van der Waals surface area contributed by atoms with Gasteiger partial charge in [0.1, 0.15) is 5.92 Å². The Morgan fingerprint density at radius 3 is 2.42 bits per heavy atom. The minimum absolute atomic E-state index is 0.0325. The van der Waals surface area contributed by atoms with Gasteiger partial charge in [-0.15, -0.1) is 0 Å². The van der Waals surface area contributed by atoms with Crippen LogP contribution in [0.2, 0.25) is 0 Å². The zero-order valence-electron chi connectivity index (χ0n) is 18.0. The highest BCUT2D eigenvalue weighted by molar-refractivity contribution is 5.95. The molecule has 8 nitrogen and oxygen atoms in total. The Morgan fingerprint density at radius 2 is 1.71 bits per heavy atom. The molecule has 0 saturated carbocycles. The zero-order chi connectivity index (χ0) is 21.4. The highest BCUT2D eigenvalue weighted by Crippen LogP contribution is 2.30. The molecule has 2 amide bonds. The summed E-state index contributed by atoms with van der Waals surface area (Å²) in [5.74, 6) is -0.441. The Bertz CT molecular complexity index is 958. The Balaban J connectivity index is 1.36. The molecule has 164 valence electrons. The van der Waals surface area contributed by atoms with Crippen molar-refractivity contribution in [2.75, 3.05) is 50.8 Å². The topological polar surface area (TPSA) is 70.9 Å². The first kappa shape index (κ1) is 20.1. The zero-order valence-corrected chi connectivity index (χ0v) is 18.0. The Labute approximate surface area is 182 Å². The van der Waals surface area contributed by atoms with Gasteiger partial charge in [0.05, 0.1) is 18.9 Å². The van der Waals surface area contributed by atoms with Crippen LogP contribution in [0.1, 0.15) is 40.4 Å². The van der Waals surface area contributed by atoms with Crippen molar-refractivity contribution < 1.29 is 14.3 Å². The maximum atomic E-state index is 13.3. The van der Waals surface area contributed by atoms with Crippen molar-refractivity contribution in [1.82, 2.24) is 19.6 Å². The summed E-state index contributed by atoms with van der Waals surface area (Å²) in [7, 11) is 1.86. The molecule has 1 atom stereocenters. The van der Waals surface area contributed by atoms with E-state index in [1.165, 1.54) is 18.5 Å². The van der Waals surface area contributed by atoms with Crippen LogP contribution in [0.4, 0.5) is 5.69 Å². The van der Waals surface area contributed by atoms with Gasteiger partial charge in [-0.2, -0.15) is 5.10 Å². The smallest absolute Gasteiger partial charge is 0.254 e. The number of aryl methyl sites for hydroxylation is 1. The summed E-state index contributed by atoms with van der Waals surface area (Å²) in [4.78, 5) is 32.6. The van der Waals surface area contributed by atoms with Crippen LogP contribution < -0.4 is 4.90 Å². The van der Waals surface area contributed by atoms with E-state index in [9.17, 15) is 9.59 Å². The molecule has 1 aromatic carbocycles. The maximum Gasteiger partial charge on any atom is 0.254 e. The molecule has 1 unspecified atom stereocenters. The van der Waals surface area contributed by atoms with Crippen molar-refractivity contribution in [3.05, 3.63) is 47.3 Å². The first-order chi connectivity index (χ1) is 15.1. The molecule has 2 aromatic rings. The molecule has 0 N–H and O–H groups in total. The number of aromatic nitrogens is 2. The van der Waals surface area contributed by atoms with Gasteiger partial charge in [-0.1, -0.05) is 0 Å². The van der Waals surface area contributed by atoms with Gasteiger partial charge < -0.3 is 19.4 Å². The van der Waals surface area contributed by atoms with E-state index in [0.717, 1.165) is 24.3 Å². The number of amides is 2. The lowest BCUT2D eigenvalue weighted by atomic mass is 9.94. The molecule has 0 bridgehead atoms. The summed E-state index contributed by atoms with van der Waals surface area (Å²) >= 11 is 0. The van der Waals surface area contributed by atoms with Crippen molar-refractivity contribution in [3.63, 3.8) is 0 Å². The van der Waals surface area contributed by atoms with E-state index >= 15 is 0 Å². The summed E-state index contributed by atoms with van der Waals surface area (Å²) in [6.45, 7) is 5.27. The van der Waals surface area contributed by atoms with Gasteiger partial charge in [-0.3, -0.25) is 14.3 Å². The van der Waals surface area contributed by atoms with E-state index in [1.54, 1.807) is 9.58 Å². The van der Waals surface area contributed by atoms with Crippen LogP contribution >= 0.6 is 0 Å². The largest absolute Gasteiger partial charge is 0.378 e. The monoisotopic (exact) mass is 423 g/mol. The summed E-state index contributed by atoms with van der Waals surface area (Å²) in [5.41, 5.74) is 3.57. The van der Waals surface area contributed by atoms with Crippen molar-refractivity contribution in [2.24, 2.45) is 7.05 Å². The molecule has 0 spiro atoms. The first-order valence-electron chi connectivity index (χ1n) is 11.1. The Kier molecular flexibility index (Phi) is 5.40. The minimum atomic E-state index is -0.434. The third-order valence-corrected chi connectivity index (χ3v) is 6.52. The van der Waals surface area contributed by atoms with Gasteiger partial charge in [0, 0.05) is 69.3 Å². The second-order valence-electron chi connectivity index (χ2n) is 8.63. The number of morpholine rings is 1. The van der Waals surface area contributed by atoms with Gasteiger partial charge in [0.15, 0.2) is 0 Å². The fraction of sp³-hybridized carbons (Fsp3) is 0.522. The molecule has 3 aliphatic rings. The van der Waals surface area contributed by atoms with Crippen LogP contribution in [0.15, 0.2) is 30.5 Å². The standard InChI is InChI=1S/C23H29N5O3/c1-25-14-18-15-28(16-20(21(18)24-25)23(30)27-10-12-31-13-11-27)22(29)17-4-6-19(7-5-17)26-8-2-3-9-26/h4-7,14,20H,2-3,8-13,15-16H2,1H3. The summed E-state index contributed by atoms with van der Waals surface area (Å²) < 4.78 is 7.13. The molecule has 0 radical (unpaired) electrons. The van der Waals surface area contributed by atoms with Crippen LogP contribution in [0.3, 0.4) is 0 Å². The lowest BCUT2D eigenvalue weighted by molar-refractivity contribution is -0.137. The van der Waals surface area contributed by atoms with Crippen LogP contribution in [0, 0.1) is 0 Å². The van der Waals surface area contributed by atoms with Crippen LogP contribution in [0.25, 0.3) is 0 Å². The maximum absolute atomic E-state index is 13.3. The molecule has 5 rings (SSSR count). The number of nitrogens with zero attached hydrogens (tertiary/aromatic N) is 5. The molecule has 4 heterocycles. The molecule has 3 aliphatic heterocycles. The lowest BCUT2D eigenvalue weighted by Crippen LogP contribution is -2.48. The van der Waals surface area contributed by atoms with Gasteiger partial charge in [-0.05, 0) is 37.1 Å². The molecular weight excluding hydrogens is 394 g/mol. The van der Waals surface area contributed by atoms with Crippen LogP contribution in [0.5, 0.6) is 0 Å². The normalized spacial score (nSPS) is 21.3. The SMILES string of the molecule is Cn1cc2c(n1)C(C(=O)N1CCOCC1)CN(C(=O)c1ccc(N3CCCC3)cc1)C2. The van der Waals surface area contributed by atoms with Crippen LogP contribution in [-0.2, 0) is 23.1 Å². The molecule has 0 aliphatic carbocycles. The number of hydrogen-bond acceptors (Lipinski definition) is 5. The number of anilines is 1. The van der Waals surface area contributed by atoms with Crippen molar-refractivity contribution in [2.45, 2.75) is 25.3 Å². The molecule has 2 saturated heterocycles. The predicted octanol–water partition coefficient (Wildman–Crippen LogP) is 1.62. The molecule has 1 aromatic heterocycles. The van der Waals surface area contributed by atoms with E-state index in [4.69, 9.17) is 4.74 Å². The van der Waals surface area contributed by atoms with E-state index in [2.05, 4.69) is 10.00 Å². The Morgan fingerprint density at radius 1 is 1.00 bits per heavy atom. The third kappa shape index (κ3) is 3.92. The second-order valence-corrected chi connectivity index (χ2v) is 8.63. The quantitative estimate of drug-likeness (QED) is 0.750. The number of rotatable bonds is 3. The number of carbonyl (C=O) groups excluding carboxylic acids is 2.